The molecule has 0 amide bonds. The van der Waals surface area contributed by atoms with Gasteiger partial charge in [0.25, 0.3) is 0 Å². The number of hydrogen-bond donors (Lipinski definition) is 0. The van der Waals surface area contributed by atoms with Gasteiger partial charge in [-0.15, -0.1) is 0 Å². The maximum atomic E-state index is 6.96. The van der Waals surface area contributed by atoms with Gasteiger partial charge in [-0.05, 0) is 101 Å². The molecule has 230 valence electrons. The first kappa shape index (κ1) is 26.5. The van der Waals surface area contributed by atoms with Crippen LogP contribution >= 0.6 is 0 Å². The number of benzene rings is 9. The van der Waals surface area contributed by atoms with Crippen LogP contribution in [0, 0.1) is 0 Å². The topological polar surface area (TPSA) is 13.1 Å². The van der Waals surface area contributed by atoms with Crippen molar-refractivity contribution in [2.45, 2.75) is 5.41 Å². The van der Waals surface area contributed by atoms with E-state index < -0.39 is 0 Å². The Labute approximate surface area is 288 Å². The fourth-order valence-corrected chi connectivity index (χ4v) is 9.77. The Bertz CT molecular complexity index is 3020. The third kappa shape index (κ3) is 3.10. The molecular formula is C49H28O. The van der Waals surface area contributed by atoms with Gasteiger partial charge in [0.05, 0.1) is 5.41 Å². The zero-order valence-electron chi connectivity index (χ0n) is 27.1. The number of furan rings is 1. The first-order valence-corrected chi connectivity index (χ1v) is 17.4. The standard InChI is InChI=1S/C49H28O/c1-2-14-33-31(12-1)32-13-3-4-17-37(32)47-38(33)26-27-39-36-25-24-29(28-45(36)50-48(39)47)30-19-11-23-44-46(30)40-18-7-10-22-43(40)49(44)41-20-8-5-15-34(41)35-16-6-9-21-42(35)49/h1-28H. The lowest BCUT2D eigenvalue weighted by Crippen LogP contribution is -2.25. The third-order valence-corrected chi connectivity index (χ3v) is 11.7. The predicted octanol–water partition coefficient (Wildman–Crippen LogP) is 13.1. The zero-order valence-corrected chi connectivity index (χ0v) is 27.1. The molecule has 0 radical (unpaired) electrons. The highest BCUT2D eigenvalue weighted by atomic mass is 16.3. The molecule has 10 aromatic rings. The lowest BCUT2D eigenvalue weighted by atomic mass is 9.70. The van der Waals surface area contributed by atoms with E-state index in [1.54, 1.807) is 0 Å². The predicted molar refractivity (Wildman–Crippen MR) is 208 cm³/mol. The van der Waals surface area contributed by atoms with Crippen molar-refractivity contribution in [2.24, 2.45) is 0 Å². The molecule has 1 aromatic heterocycles. The molecule has 0 aliphatic heterocycles. The summed E-state index contributed by atoms with van der Waals surface area (Å²) in [6.45, 7) is 0. The molecule has 1 heteroatoms. The average molecular weight is 633 g/mol. The zero-order chi connectivity index (χ0) is 32.6. The fourth-order valence-electron chi connectivity index (χ4n) is 9.77. The monoisotopic (exact) mass is 632 g/mol. The molecule has 9 aromatic carbocycles. The highest BCUT2D eigenvalue weighted by molar-refractivity contribution is 6.32. The van der Waals surface area contributed by atoms with Crippen LogP contribution in [0.1, 0.15) is 22.3 Å². The molecule has 0 atom stereocenters. The van der Waals surface area contributed by atoms with E-state index in [-0.39, 0.29) is 5.41 Å². The second-order valence-electron chi connectivity index (χ2n) is 13.9. The summed E-state index contributed by atoms with van der Waals surface area (Å²) in [7, 11) is 0. The van der Waals surface area contributed by atoms with Gasteiger partial charge in [0.1, 0.15) is 11.2 Å². The second-order valence-corrected chi connectivity index (χ2v) is 13.9. The Hall–Kier alpha value is -6.44. The highest BCUT2D eigenvalue weighted by Gasteiger charge is 2.51. The van der Waals surface area contributed by atoms with Crippen LogP contribution in [0.2, 0.25) is 0 Å². The SMILES string of the molecule is c1ccc2c(c1)-c1ccccc1C21c2ccccc2-c2c(-c3ccc4c(c3)oc3c4ccc4c5ccccc5c5ccccc5c43)cccc21. The Balaban J connectivity index is 1.14. The van der Waals surface area contributed by atoms with Gasteiger partial charge < -0.3 is 4.42 Å². The average Bonchev–Trinajstić information content (AvgIpc) is 3.82. The van der Waals surface area contributed by atoms with Crippen LogP contribution in [-0.4, -0.2) is 0 Å². The first-order valence-electron chi connectivity index (χ1n) is 17.4. The molecule has 2 aliphatic carbocycles. The van der Waals surface area contributed by atoms with Gasteiger partial charge >= 0.3 is 0 Å². The summed E-state index contributed by atoms with van der Waals surface area (Å²) in [6.07, 6.45) is 0. The molecule has 50 heavy (non-hydrogen) atoms. The summed E-state index contributed by atoms with van der Waals surface area (Å²) in [5.74, 6) is 0. The summed E-state index contributed by atoms with van der Waals surface area (Å²) in [5.41, 5.74) is 14.6. The van der Waals surface area contributed by atoms with Crippen molar-refractivity contribution in [1.82, 2.24) is 0 Å². The molecule has 0 N–H and O–H groups in total. The molecule has 1 nitrogen and oxygen atoms in total. The number of rotatable bonds is 1. The van der Waals surface area contributed by atoms with Crippen LogP contribution in [0.4, 0.5) is 0 Å². The number of hydrogen-bond acceptors (Lipinski definition) is 1. The van der Waals surface area contributed by atoms with Crippen LogP contribution in [0.25, 0.3) is 87.6 Å². The van der Waals surface area contributed by atoms with Gasteiger partial charge in [0, 0.05) is 16.2 Å². The minimum Gasteiger partial charge on any atom is -0.455 e. The Morgan fingerprint density at radius 3 is 1.52 bits per heavy atom. The van der Waals surface area contributed by atoms with E-state index in [1.165, 1.54) is 88.0 Å². The van der Waals surface area contributed by atoms with E-state index in [0.717, 1.165) is 21.9 Å². The maximum absolute atomic E-state index is 6.96. The van der Waals surface area contributed by atoms with Crippen LogP contribution in [-0.2, 0) is 5.41 Å². The van der Waals surface area contributed by atoms with E-state index in [4.69, 9.17) is 4.42 Å². The Morgan fingerprint density at radius 1 is 0.340 bits per heavy atom. The van der Waals surface area contributed by atoms with Gasteiger partial charge in [-0.1, -0.05) is 152 Å². The second kappa shape index (κ2) is 9.37. The summed E-state index contributed by atoms with van der Waals surface area (Å²) in [4.78, 5) is 0. The van der Waals surface area contributed by atoms with Crippen LogP contribution in [0.3, 0.4) is 0 Å². The van der Waals surface area contributed by atoms with E-state index in [9.17, 15) is 0 Å². The Morgan fingerprint density at radius 2 is 0.820 bits per heavy atom. The largest absolute Gasteiger partial charge is 0.455 e. The molecule has 0 saturated carbocycles. The van der Waals surface area contributed by atoms with Crippen molar-refractivity contribution in [1.29, 1.82) is 0 Å². The molecule has 0 fully saturated rings. The van der Waals surface area contributed by atoms with Crippen molar-refractivity contribution >= 4 is 54.3 Å². The molecule has 0 unspecified atom stereocenters. The van der Waals surface area contributed by atoms with Gasteiger partial charge in [0.2, 0.25) is 0 Å². The highest BCUT2D eigenvalue weighted by Crippen LogP contribution is 2.64. The Kier molecular flexibility index (Phi) is 4.97. The van der Waals surface area contributed by atoms with Crippen LogP contribution in [0.15, 0.2) is 174 Å². The lowest BCUT2D eigenvalue weighted by molar-refractivity contribution is 0.673. The smallest absolute Gasteiger partial charge is 0.143 e. The van der Waals surface area contributed by atoms with E-state index in [0.29, 0.717) is 0 Å². The molecule has 2 aliphatic rings. The quantitative estimate of drug-likeness (QED) is 0.164. The van der Waals surface area contributed by atoms with E-state index in [2.05, 4.69) is 170 Å². The van der Waals surface area contributed by atoms with Crippen molar-refractivity contribution in [3.8, 4) is 33.4 Å². The van der Waals surface area contributed by atoms with Gasteiger partial charge in [-0.25, -0.2) is 0 Å². The minimum atomic E-state index is -0.360. The normalized spacial score (nSPS) is 13.8. The molecule has 12 rings (SSSR count). The first-order chi connectivity index (χ1) is 24.8. The van der Waals surface area contributed by atoms with Gasteiger partial charge in [-0.3, -0.25) is 0 Å². The number of fused-ring (bicyclic) bond motifs is 20. The molecule has 1 spiro atoms. The lowest BCUT2D eigenvalue weighted by Gasteiger charge is -2.30. The van der Waals surface area contributed by atoms with Crippen molar-refractivity contribution in [3.05, 3.63) is 192 Å². The minimum absolute atomic E-state index is 0.360. The summed E-state index contributed by atoms with van der Waals surface area (Å²) in [5, 5.41) is 9.73. The van der Waals surface area contributed by atoms with Crippen molar-refractivity contribution < 1.29 is 4.42 Å². The molecule has 0 saturated heterocycles. The maximum Gasteiger partial charge on any atom is 0.143 e. The van der Waals surface area contributed by atoms with E-state index in [1.807, 2.05) is 0 Å². The van der Waals surface area contributed by atoms with Gasteiger partial charge in [-0.2, -0.15) is 0 Å². The van der Waals surface area contributed by atoms with Gasteiger partial charge in [0.15, 0.2) is 0 Å². The molecular weight excluding hydrogens is 605 g/mol. The van der Waals surface area contributed by atoms with Crippen molar-refractivity contribution in [3.63, 3.8) is 0 Å². The third-order valence-electron chi connectivity index (χ3n) is 11.7. The van der Waals surface area contributed by atoms with Crippen LogP contribution in [0.5, 0.6) is 0 Å². The molecule has 0 bridgehead atoms. The van der Waals surface area contributed by atoms with Crippen LogP contribution < -0.4 is 0 Å². The van der Waals surface area contributed by atoms with E-state index >= 15 is 0 Å². The summed E-state index contributed by atoms with van der Waals surface area (Å²) in [6, 6.07) is 62.8. The fraction of sp³-hybridized carbons (Fsp3) is 0.0204. The summed E-state index contributed by atoms with van der Waals surface area (Å²) >= 11 is 0. The van der Waals surface area contributed by atoms with Crippen molar-refractivity contribution in [2.75, 3.05) is 0 Å². The summed E-state index contributed by atoms with van der Waals surface area (Å²) < 4.78 is 6.96. The molecule has 1 heterocycles.